The molecule has 0 fully saturated rings. The fourth-order valence-electron chi connectivity index (χ4n) is 2.63. The monoisotopic (exact) mass is 333 g/mol. The number of aromatic nitrogens is 1. The number of methoxy groups -OCH3 is 1. The maximum atomic E-state index is 11.3. The van der Waals surface area contributed by atoms with E-state index in [9.17, 15) is 5.11 Å². The Morgan fingerprint density at radius 2 is 2.09 bits per heavy atom. The summed E-state index contributed by atoms with van der Waals surface area (Å²) >= 11 is 6.07. The third kappa shape index (κ3) is 2.40. The molecule has 3 N–H and O–H groups in total. The zero-order valence-corrected chi connectivity index (χ0v) is 13.5. The summed E-state index contributed by atoms with van der Waals surface area (Å²) in [6.07, 6.45) is 1.52. The van der Waals surface area contributed by atoms with Gasteiger partial charge in [0.05, 0.1) is 31.2 Å². The highest BCUT2D eigenvalue weighted by molar-refractivity contribution is 6.30. The second-order valence-corrected chi connectivity index (χ2v) is 5.47. The molecule has 0 radical (unpaired) electrons. The van der Waals surface area contributed by atoms with Gasteiger partial charge in [0, 0.05) is 10.6 Å². The Morgan fingerprint density at radius 3 is 2.78 bits per heavy atom. The zero-order valence-electron chi connectivity index (χ0n) is 12.7. The molecule has 1 unspecified atom stereocenters. The lowest BCUT2D eigenvalue weighted by atomic mass is 9.87. The Morgan fingerprint density at radius 1 is 1.30 bits per heavy atom. The van der Waals surface area contributed by atoms with Gasteiger partial charge in [-0.25, -0.2) is 9.98 Å². The van der Waals surface area contributed by atoms with E-state index >= 15 is 0 Å². The molecule has 0 saturated heterocycles. The average Bonchev–Trinajstić information content (AvgIpc) is 2.80. The highest BCUT2D eigenvalue weighted by atomic mass is 35.5. The number of hydrogen-bond donors (Lipinski definition) is 2. The van der Waals surface area contributed by atoms with Gasteiger partial charge in [0.2, 0.25) is 5.88 Å². The van der Waals surface area contributed by atoms with Crippen LogP contribution in [0, 0.1) is 0 Å². The predicted octanol–water partition coefficient (Wildman–Crippen LogP) is 2.38. The highest BCUT2D eigenvalue weighted by Gasteiger charge is 2.45. The molecule has 6 nitrogen and oxygen atoms in total. The molecule has 0 amide bonds. The van der Waals surface area contributed by atoms with Gasteiger partial charge in [0.25, 0.3) is 0 Å². The smallest absolute Gasteiger partial charge is 0.220 e. The van der Waals surface area contributed by atoms with Crippen molar-refractivity contribution in [3.05, 3.63) is 46.6 Å². The van der Waals surface area contributed by atoms with Crippen LogP contribution in [0.3, 0.4) is 0 Å². The maximum Gasteiger partial charge on any atom is 0.220 e. The topological polar surface area (TPSA) is 90.0 Å². The van der Waals surface area contributed by atoms with Gasteiger partial charge in [0.15, 0.2) is 5.60 Å². The van der Waals surface area contributed by atoms with E-state index in [0.29, 0.717) is 34.2 Å². The standard InChI is InChI=1S/C16H16ClN3O3/c1-3-23-10-7-12(14(22-2)19-8-10)16(21)11-6-9(17)4-5-13(11)20-15(16)18/h4-8,21H,3H2,1-2H3,(H2,18,20). The van der Waals surface area contributed by atoms with E-state index in [-0.39, 0.29) is 11.7 Å². The van der Waals surface area contributed by atoms with Crippen LogP contribution < -0.4 is 15.2 Å². The molecule has 1 aliphatic heterocycles. The predicted molar refractivity (Wildman–Crippen MR) is 87.7 cm³/mol. The van der Waals surface area contributed by atoms with Crippen molar-refractivity contribution in [1.29, 1.82) is 0 Å². The minimum absolute atomic E-state index is 0.0310. The van der Waals surface area contributed by atoms with E-state index in [4.69, 9.17) is 26.8 Å². The third-order valence-corrected chi connectivity index (χ3v) is 3.92. The summed E-state index contributed by atoms with van der Waals surface area (Å²) in [6.45, 7) is 2.33. The number of benzene rings is 1. The molecule has 0 aliphatic carbocycles. The number of fused-ring (bicyclic) bond motifs is 1. The van der Waals surface area contributed by atoms with Gasteiger partial charge in [-0.05, 0) is 31.2 Å². The van der Waals surface area contributed by atoms with Crippen molar-refractivity contribution in [2.75, 3.05) is 13.7 Å². The maximum absolute atomic E-state index is 11.3. The van der Waals surface area contributed by atoms with Crippen LogP contribution >= 0.6 is 11.6 Å². The van der Waals surface area contributed by atoms with E-state index < -0.39 is 5.60 Å². The molecule has 23 heavy (non-hydrogen) atoms. The van der Waals surface area contributed by atoms with Gasteiger partial charge in [0.1, 0.15) is 11.6 Å². The van der Waals surface area contributed by atoms with Crippen molar-refractivity contribution in [1.82, 2.24) is 4.98 Å². The molecule has 1 atom stereocenters. The molecule has 120 valence electrons. The fourth-order valence-corrected chi connectivity index (χ4v) is 2.80. The summed E-state index contributed by atoms with van der Waals surface area (Å²) < 4.78 is 10.7. The van der Waals surface area contributed by atoms with Crippen molar-refractivity contribution in [2.45, 2.75) is 12.5 Å². The average molecular weight is 334 g/mol. The molecule has 1 aromatic carbocycles. The number of nitrogens with zero attached hydrogens (tertiary/aromatic N) is 2. The lowest BCUT2D eigenvalue weighted by molar-refractivity contribution is 0.152. The SMILES string of the molecule is CCOc1cnc(OC)c(C2(O)C(N)=Nc3ccc(Cl)cc32)c1. The first-order chi connectivity index (χ1) is 11.0. The Balaban J connectivity index is 2.23. The quantitative estimate of drug-likeness (QED) is 0.896. The largest absolute Gasteiger partial charge is 0.492 e. The van der Waals surface area contributed by atoms with Crippen molar-refractivity contribution < 1.29 is 14.6 Å². The van der Waals surface area contributed by atoms with Crippen LogP contribution in [-0.4, -0.2) is 29.6 Å². The normalized spacial score (nSPS) is 19.2. The van der Waals surface area contributed by atoms with E-state index in [1.54, 1.807) is 24.3 Å². The molecular weight excluding hydrogens is 318 g/mol. The van der Waals surface area contributed by atoms with Crippen molar-refractivity contribution >= 4 is 23.1 Å². The minimum Gasteiger partial charge on any atom is -0.492 e. The number of aliphatic hydroxyl groups is 1. The first kappa shape index (κ1) is 15.6. The number of pyridine rings is 1. The lowest BCUT2D eigenvalue weighted by Crippen LogP contribution is -2.40. The van der Waals surface area contributed by atoms with Crippen molar-refractivity contribution in [2.24, 2.45) is 10.7 Å². The summed E-state index contributed by atoms with van der Waals surface area (Å²) in [5.41, 5.74) is 5.74. The fraction of sp³-hybridized carbons (Fsp3) is 0.250. The van der Waals surface area contributed by atoms with Crippen LogP contribution in [0.2, 0.25) is 5.02 Å². The van der Waals surface area contributed by atoms with E-state index in [1.807, 2.05) is 6.92 Å². The van der Waals surface area contributed by atoms with Crippen LogP contribution in [-0.2, 0) is 5.60 Å². The van der Waals surface area contributed by atoms with Crippen molar-refractivity contribution in [3.63, 3.8) is 0 Å². The van der Waals surface area contributed by atoms with Crippen LogP contribution in [0.15, 0.2) is 35.5 Å². The number of amidine groups is 1. The summed E-state index contributed by atoms with van der Waals surface area (Å²) in [6, 6.07) is 6.67. The zero-order chi connectivity index (χ0) is 16.6. The van der Waals surface area contributed by atoms with Gasteiger partial charge < -0.3 is 20.3 Å². The molecule has 1 aromatic heterocycles. The van der Waals surface area contributed by atoms with Crippen molar-refractivity contribution in [3.8, 4) is 11.6 Å². The van der Waals surface area contributed by atoms with Gasteiger partial charge in [-0.1, -0.05) is 11.6 Å². The number of nitrogens with two attached hydrogens (primary N) is 1. The van der Waals surface area contributed by atoms with Crippen LogP contribution in [0.25, 0.3) is 0 Å². The van der Waals surface area contributed by atoms with Gasteiger partial charge in [-0.2, -0.15) is 0 Å². The van der Waals surface area contributed by atoms with Crippen LogP contribution in [0.4, 0.5) is 5.69 Å². The van der Waals surface area contributed by atoms with Gasteiger partial charge >= 0.3 is 0 Å². The first-order valence-corrected chi connectivity index (χ1v) is 7.42. The van der Waals surface area contributed by atoms with Crippen LogP contribution in [0.5, 0.6) is 11.6 Å². The Kier molecular flexibility index (Phi) is 3.87. The summed E-state index contributed by atoms with van der Waals surface area (Å²) in [5, 5.41) is 11.8. The van der Waals surface area contributed by atoms with Gasteiger partial charge in [-0.15, -0.1) is 0 Å². The van der Waals surface area contributed by atoms with E-state index in [0.717, 1.165) is 0 Å². The number of ether oxygens (including phenoxy) is 2. The number of rotatable bonds is 4. The minimum atomic E-state index is -1.67. The second kappa shape index (κ2) is 5.72. The number of aliphatic imine (C=N–C) groups is 1. The summed E-state index contributed by atoms with van der Waals surface area (Å²) in [5.74, 6) is 0.769. The molecular formula is C16H16ClN3O3. The molecule has 2 heterocycles. The third-order valence-electron chi connectivity index (χ3n) is 3.68. The molecule has 0 bridgehead atoms. The lowest BCUT2D eigenvalue weighted by Gasteiger charge is -2.26. The number of hydrogen-bond acceptors (Lipinski definition) is 6. The molecule has 7 heteroatoms. The molecule has 1 aliphatic rings. The van der Waals surface area contributed by atoms with E-state index in [1.165, 1.54) is 13.3 Å². The molecule has 0 saturated carbocycles. The first-order valence-electron chi connectivity index (χ1n) is 7.05. The number of halogens is 1. The Labute approximate surface area is 138 Å². The molecule has 2 aromatic rings. The highest BCUT2D eigenvalue weighted by Crippen LogP contribution is 2.45. The Bertz CT molecular complexity index is 794. The van der Waals surface area contributed by atoms with Gasteiger partial charge in [-0.3, -0.25) is 0 Å². The summed E-state index contributed by atoms with van der Waals surface area (Å²) in [7, 11) is 1.47. The molecule has 3 rings (SSSR count). The Hall–Kier alpha value is -2.31. The molecule has 0 spiro atoms. The van der Waals surface area contributed by atoms with Crippen LogP contribution in [0.1, 0.15) is 18.1 Å². The van der Waals surface area contributed by atoms with E-state index in [2.05, 4.69) is 9.98 Å². The summed E-state index contributed by atoms with van der Waals surface area (Å²) in [4.78, 5) is 8.42. The second-order valence-electron chi connectivity index (χ2n) is 5.03.